The molecule has 26 heavy (non-hydrogen) atoms. The third-order valence-electron chi connectivity index (χ3n) is 5.43. The van der Waals surface area contributed by atoms with E-state index in [4.69, 9.17) is 0 Å². The monoisotopic (exact) mass is 359 g/mol. The molecule has 1 saturated carbocycles. The second kappa shape index (κ2) is 7.85. The van der Waals surface area contributed by atoms with Crippen molar-refractivity contribution in [3.63, 3.8) is 0 Å². The highest BCUT2D eigenvalue weighted by Gasteiger charge is 2.29. The molecule has 2 aliphatic rings. The molecule has 1 aromatic carbocycles. The molecule has 1 saturated heterocycles. The van der Waals surface area contributed by atoms with Gasteiger partial charge in [-0.1, -0.05) is 12.8 Å². The lowest BCUT2D eigenvalue weighted by Crippen LogP contribution is -2.38. The zero-order valence-electron chi connectivity index (χ0n) is 15.1. The van der Waals surface area contributed by atoms with Crippen LogP contribution in [0.3, 0.4) is 0 Å². The molecular formula is C19H25N3O4. The summed E-state index contributed by atoms with van der Waals surface area (Å²) in [5.41, 5.74) is 0.816. The third kappa shape index (κ3) is 3.86. The highest BCUT2D eigenvalue weighted by atomic mass is 16.6. The van der Waals surface area contributed by atoms with Gasteiger partial charge in [0.25, 0.3) is 5.69 Å². The molecule has 0 spiro atoms. The number of hydrogen-bond donors (Lipinski definition) is 0. The van der Waals surface area contributed by atoms with Crippen LogP contribution in [0.4, 0.5) is 11.4 Å². The lowest BCUT2D eigenvalue weighted by molar-refractivity contribution is -0.384. The van der Waals surface area contributed by atoms with Crippen LogP contribution in [0.25, 0.3) is 0 Å². The second-order valence-electron chi connectivity index (χ2n) is 7.16. The van der Waals surface area contributed by atoms with E-state index in [-0.39, 0.29) is 23.3 Å². The van der Waals surface area contributed by atoms with Crippen molar-refractivity contribution in [2.24, 2.45) is 5.92 Å². The van der Waals surface area contributed by atoms with E-state index in [2.05, 4.69) is 0 Å². The van der Waals surface area contributed by atoms with Crippen LogP contribution in [0, 0.1) is 16.0 Å². The highest BCUT2D eigenvalue weighted by Crippen LogP contribution is 2.31. The molecule has 1 aromatic rings. The summed E-state index contributed by atoms with van der Waals surface area (Å²) in [5.74, 6) is 0.209. The molecule has 7 heteroatoms. The predicted molar refractivity (Wildman–Crippen MR) is 98.5 cm³/mol. The number of rotatable bonds is 4. The zero-order valence-corrected chi connectivity index (χ0v) is 15.1. The van der Waals surface area contributed by atoms with E-state index >= 15 is 0 Å². The Morgan fingerprint density at radius 2 is 1.81 bits per heavy atom. The summed E-state index contributed by atoms with van der Waals surface area (Å²) in [5, 5.41) is 11.5. The van der Waals surface area contributed by atoms with Crippen LogP contribution in [0.5, 0.6) is 0 Å². The van der Waals surface area contributed by atoms with Crippen LogP contribution in [0.2, 0.25) is 0 Å². The molecule has 1 aliphatic heterocycles. The molecular weight excluding hydrogens is 334 g/mol. The van der Waals surface area contributed by atoms with E-state index in [1.165, 1.54) is 13.0 Å². The van der Waals surface area contributed by atoms with Gasteiger partial charge in [0.2, 0.25) is 5.91 Å². The van der Waals surface area contributed by atoms with Gasteiger partial charge < -0.3 is 9.80 Å². The average molecular weight is 359 g/mol. The Balaban J connectivity index is 1.75. The van der Waals surface area contributed by atoms with E-state index in [1.54, 1.807) is 12.1 Å². The maximum atomic E-state index is 12.7. The average Bonchev–Trinajstić information content (AvgIpc) is 3.05. The van der Waals surface area contributed by atoms with E-state index in [9.17, 15) is 19.7 Å². The molecule has 1 heterocycles. The zero-order chi connectivity index (χ0) is 18.7. The normalized spacial score (nSPS) is 18.7. The molecule has 0 bridgehead atoms. The molecule has 2 fully saturated rings. The molecule has 0 N–H and O–H groups in total. The molecule has 7 nitrogen and oxygen atoms in total. The summed E-state index contributed by atoms with van der Waals surface area (Å²) in [7, 11) is 0. The molecule has 0 atom stereocenters. The van der Waals surface area contributed by atoms with Crippen molar-refractivity contribution < 1.29 is 14.5 Å². The predicted octanol–water partition coefficient (Wildman–Crippen LogP) is 3.03. The number of nitro groups is 1. The van der Waals surface area contributed by atoms with Gasteiger partial charge in [0.15, 0.2) is 5.78 Å². The van der Waals surface area contributed by atoms with Crippen molar-refractivity contribution in [2.45, 2.75) is 39.0 Å². The van der Waals surface area contributed by atoms with Gasteiger partial charge in [-0.15, -0.1) is 0 Å². The van der Waals surface area contributed by atoms with E-state index in [0.29, 0.717) is 37.4 Å². The van der Waals surface area contributed by atoms with Crippen molar-refractivity contribution in [3.05, 3.63) is 33.9 Å². The maximum Gasteiger partial charge on any atom is 0.293 e. The Bertz CT molecular complexity index is 713. The number of anilines is 1. The summed E-state index contributed by atoms with van der Waals surface area (Å²) >= 11 is 0. The van der Waals surface area contributed by atoms with Crippen molar-refractivity contribution in [1.29, 1.82) is 0 Å². The van der Waals surface area contributed by atoms with Gasteiger partial charge in [0, 0.05) is 43.7 Å². The number of nitrogens with zero attached hydrogens (tertiary/aromatic N) is 3. The van der Waals surface area contributed by atoms with Crippen molar-refractivity contribution in [3.8, 4) is 0 Å². The number of hydrogen-bond acceptors (Lipinski definition) is 5. The van der Waals surface area contributed by atoms with E-state index in [0.717, 1.165) is 32.1 Å². The standard InChI is InChI=1S/C19H25N3O4/c1-14(23)16-7-8-17(18(13-16)22(25)26)20-9-4-10-21(12-11-20)19(24)15-5-2-3-6-15/h7-8,13,15H,2-6,9-12H2,1H3. The number of ketones is 1. The van der Waals surface area contributed by atoms with Crippen molar-refractivity contribution >= 4 is 23.1 Å². The first-order valence-electron chi connectivity index (χ1n) is 9.30. The van der Waals surface area contributed by atoms with Crippen LogP contribution in [-0.4, -0.2) is 47.7 Å². The topological polar surface area (TPSA) is 83.8 Å². The van der Waals surface area contributed by atoms with E-state index in [1.807, 2.05) is 9.80 Å². The van der Waals surface area contributed by atoms with Gasteiger partial charge in [-0.2, -0.15) is 0 Å². The minimum absolute atomic E-state index is 0.0479. The van der Waals surface area contributed by atoms with Crippen LogP contribution in [0.15, 0.2) is 18.2 Å². The minimum atomic E-state index is -0.436. The summed E-state index contributed by atoms with van der Waals surface area (Å²) in [4.78, 5) is 39.1. The molecule has 140 valence electrons. The lowest BCUT2D eigenvalue weighted by atomic mass is 10.1. The minimum Gasteiger partial charge on any atom is -0.364 e. The fourth-order valence-corrected chi connectivity index (χ4v) is 3.97. The van der Waals surface area contributed by atoms with Gasteiger partial charge in [-0.3, -0.25) is 19.7 Å². The van der Waals surface area contributed by atoms with Crippen LogP contribution >= 0.6 is 0 Å². The highest BCUT2D eigenvalue weighted by molar-refractivity contribution is 5.95. The molecule has 0 radical (unpaired) electrons. The van der Waals surface area contributed by atoms with Crippen molar-refractivity contribution in [2.75, 3.05) is 31.1 Å². The number of carbonyl (C=O) groups excluding carboxylic acids is 2. The van der Waals surface area contributed by atoms with Crippen LogP contribution in [0.1, 0.15) is 49.4 Å². The quantitative estimate of drug-likeness (QED) is 0.469. The Morgan fingerprint density at radius 1 is 1.08 bits per heavy atom. The van der Waals surface area contributed by atoms with Gasteiger partial charge >= 0.3 is 0 Å². The lowest BCUT2D eigenvalue weighted by Gasteiger charge is -2.25. The van der Waals surface area contributed by atoms with Gasteiger partial charge in [-0.25, -0.2) is 0 Å². The first-order chi connectivity index (χ1) is 12.5. The number of nitro benzene ring substituents is 1. The number of amides is 1. The molecule has 0 aromatic heterocycles. The third-order valence-corrected chi connectivity index (χ3v) is 5.43. The molecule has 1 aliphatic carbocycles. The molecule has 1 amide bonds. The van der Waals surface area contributed by atoms with Gasteiger partial charge in [-0.05, 0) is 38.3 Å². The second-order valence-corrected chi connectivity index (χ2v) is 7.16. The van der Waals surface area contributed by atoms with E-state index < -0.39 is 4.92 Å². The number of benzene rings is 1. The maximum absolute atomic E-state index is 12.7. The molecule has 3 rings (SSSR count). The molecule has 0 unspecified atom stereocenters. The Labute approximate surface area is 153 Å². The van der Waals surface area contributed by atoms with Crippen LogP contribution in [-0.2, 0) is 4.79 Å². The van der Waals surface area contributed by atoms with Gasteiger partial charge in [0.05, 0.1) is 4.92 Å². The summed E-state index contributed by atoms with van der Waals surface area (Å²) in [6.45, 7) is 3.91. The van der Waals surface area contributed by atoms with Gasteiger partial charge in [0.1, 0.15) is 5.69 Å². The largest absolute Gasteiger partial charge is 0.364 e. The Morgan fingerprint density at radius 3 is 2.46 bits per heavy atom. The smallest absolute Gasteiger partial charge is 0.293 e. The number of Topliss-reactive ketones (excluding diaryl/α,β-unsaturated/α-hetero) is 1. The first kappa shape index (κ1) is 18.4. The summed E-state index contributed by atoms with van der Waals surface area (Å²) < 4.78 is 0. The SMILES string of the molecule is CC(=O)c1ccc(N2CCCN(C(=O)C3CCCC3)CC2)c([N+](=O)[O-])c1. The summed E-state index contributed by atoms with van der Waals surface area (Å²) in [6.07, 6.45) is 5.01. The summed E-state index contributed by atoms with van der Waals surface area (Å²) in [6, 6.07) is 4.64. The Hall–Kier alpha value is -2.44. The Kier molecular flexibility index (Phi) is 5.54. The van der Waals surface area contributed by atoms with Crippen molar-refractivity contribution in [1.82, 2.24) is 4.90 Å². The number of carbonyl (C=O) groups is 2. The van der Waals surface area contributed by atoms with Crippen LogP contribution < -0.4 is 4.90 Å². The first-order valence-corrected chi connectivity index (χ1v) is 9.30. The fraction of sp³-hybridized carbons (Fsp3) is 0.579. The fourth-order valence-electron chi connectivity index (χ4n) is 3.97.